The molecule has 0 amide bonds. The Morgan fingerprint density at radius 2 is 2.11 bits per heavy atom. The first kappa shape index (κ1) is 23.2. The zero-order valence-electron chi connectivity index (χ0n) is 19.1. The minimum atomic E-state index is -1.07. The van der Waals surface area contributed by atoms with Crippen molar-refractivity contribution < 1.29 is 23.3 Å². The highest BCUT2D eigenvalue weighted by Crippen LogP contribution is 2.35. The lowest BCUT2D eigenvalue weighted by Crippen LogP contribution is -2.49. The molecule has 9 nitrogen and oxygen atoms in total. The van der Waals surface area contributed by atoms with Crippen molar-refractivity contribution in [2.45, 2.75) is 12.6 Å². The summed E-state index contributed by atoms with van der Waals surface area (Å²) in [7, 11) is 1.39. The van der Waals surface area contributed by atoms with E-state index < -0.39 is 17.6 Å². The van der Waals surface area contributed by atoms with E-state index in [1.807, 2.05) is 12.1 Å². The zero-order valence-corrected chi connectivity index (χ0v) is 19.1. The number of nitrogens with zero attached hydrogens (tertiary/aromatic N) is 3. The fourth-order valence-electron chi connectivity index (χ4n) is 4.46. The first-order valence-electron chi connectivity index (χ1n) is 11.2. The lowest BCUT2D eigenvalue weighted by molar-refractivity contribution is -0.901. The Bertz CT molecular complexity index is 1330. The quantitative estimate of drug-likeness (QED) is 0.326. The van der Waals surface area contributed by atoms with Gasteiger partial charge in [-0.2, -0.15) is 0 Å². The summed E-state index contributed by atoms with van der Waals surface area (Å²) in [5.41, 5.74) is 2.29. The summed E-state index contributed by atoms with van der Waals surface area (Å²) >= 11 is 0. The van der Waals surface area contributed by atoms with Crippen molar-refractivity contribution in [1.82, 2.24) is 15.0 Å². The molecule has 3 aromatic rings. The Morgan fingerprint density at radius 3 is 2.89 bits per heavy atom. The average Bonchev–Trinajstić information content (AvgIpc) is 3.27. The third-order valence-electron chi connectivity index (χ3n) is 6.32. The van der Waals surface area contributed by atoms with E-state index in [1.165, 1.54) is 37.6 Å². The van der Waals surface area contributed by atoms with Gasteiger partial charge in [0.15, 0.2) is 5.82 Å². The second kappa shape index (κ2) is 9.23. The van der Waals surface area contributed by atoms with E-state index in [2.05, 4.69) is 9.97 Å². The fraction of sp³-hybridized carbons (Fsp3) is 0.280. The van der Waals surface area contributed by atoms with E-state index in [1.54, 1.807) is 12.1 Å². The Morgan fingerprint density at radius 1 is 1.31 bits per heavy atom. The molecule has 10 heteroatoms. The first-order chi connectivity index (χ1) is 16.9. The lowest BCUT2D eigenvalue weighted by atomic mass is 9.97. The summed E-state index contributed by atoms with van der Waals surface area (Å²) in [6.07, 6.45) is 3.96. The number of rotatable bonds is 6. The van der Waals surface area contributed by atoms with E-state index in [9.17, 15) is 19.6 Å². The van der Waals surface area contributed by atoms with Gasteiger partial charge >= 0.3 is 0 Å². The van der Waals surface area contributed by atoms with Gasteiger partial charge in [-0.1, -0.05) is 12.1 Å². The highest BCUT2D eigenvalue weighted by molar-refractivity contribution is 6.09. The van der Waals surface area contributed by atoms with Crippen LogP contribution in [0.1, 0.15) is 27.8 Å². The third kappa shape index (κ3) is 4.56. The minimum absolute atomic E-state index is 0.0478. The molecule has 1 saturated heterocycles. The van der Waals surface area contributed by atoms with Crippen LogP contribution in [0.3, 0.4) is 0 Å². The summed E-state index contributed by atoms with van der Waals surface area (Å²) < 4.78 is 24.8. The molecular formula is C25H24FN4O5-. The van der Waals surface area contributed by atoms with Crippen LogP contribution in [0.4, 0.5) is 4.39 Å². The molecule has 1 aromatic heterocycles. The van der Waals surface area contributed by atoms with Crippen LogP contribution >= 0.6 is 0 Å². The SMILES string of the molecule is COc1cccc(F)c1C1C=C(C(=O)c2nc3ccc(C[N+]4([O-])CCOCC4)cc3[nH]2)C=CN1[O-]. The second-order valence-corrected chi connectivity index (χ2v) is 8.64. The standard InChI is InChI=1S/C25H24FN4O5/c1-34-22-4-2-3-18(26)23(22)21-14-17(7-8-29(21)32)24(31)25-27-19-6-5-16(13-20(19)28-25)15-30(33)9-11-35-12-10-30/h2-8,13-14,21H,9-12,15H2,1H3,(H,27,28)/q-1. The number of ether oxygens (including phenoxy) is 2. The molecule has 0 bridgehead atoms. The Labute approximate surface area is 200 Å². The molecule has 2 aromatic carbocycles. The number of fused-ring (bicyclic) bond motifs is 1. The summed E-state index contributed by atoms with van der Waals surface area (Å²) in [6.45, 7) is 1.99. The molecule has 1 fully saturated rings. The van der Waals surface area contributed by atoms with E-state index in [0.717, 1.165) is 5.56 Å². The van der Waals surface area contributed by atoms with Crippen molar-refractivity contribution in [2.75, 3.05) is 33.4 Å². The van der Waals surface area contributed by atoms with Gasteiger partial charge in [-0.3, -0.25) is 4.79 Å². The number of carbonyl (C=O) groups excluding carboxylic acids is 1. The van der Waals surface area contributed by atoms with Gasteiger partial charge in [-0.05, 0) is 42.6 Å². The molecule has 0 aliphatic carbocycles. The molecule has 1 unspecified atom stereocenters. The van der Waals surface area contributed by atoms with Crippen LogP contribution in [0.25, 0.3) is 11.0 Å². The predicted molar refractivity (Wildman–Crippen MR) is 126 cm³/mol. The second-order valence-electron chi connectivity index (χ2n) is 8.64. The first-order valence-corrected chi connectivity index (χ1v) is 11.2. The van der Waals surface area contributed by atoms with E-state index in [4.69, 9.17) is 9.47 Å². The summed E-state index contributed by atoms with van der Waals surface area (Å²) in [6, 6.07) is 8.63. The van der Waals surface area contributed by atoms with Gasteiger partial charge in [0.25, 0.3) is 0 Å². The average molecular weight is 479 g/mol. The third-order valence-corrected chi connectivity index (χ3v) is 6.32. The maximum absolute atomic E-state index is 14.6. The number of hydroxylamine groups is 5. The largest absolute Gasteiger partial charge is 0.758 e. The molecule has 5 rings (SSSR count). The molecule has 1 N–H and O–H groups in total. The van der Waals surface area contributed by atoms with Crippen LogP contribution in [0.15, 0.2) is 60.3 Å². The van der Waals surface area contributed by atoms with E-state index in [0.29, 0.717) is 48.9 Å². The monoisotopic (exact) mass is 479 g/mol. The smallest absolute Gasteiger partial charge is 0.228 e. The van der Waals surface area contributed by atoms with Crippen LogP contribution in [0.2, 0.25) is 0 Å². The van der Waals surface area contributed by atoms with Crippen LogP contribution in [0, 0.1) is 16.2 Å². The molecule has 0 radical (unpaired) electrons. The maximum atomic E-state index is 14.6. The number of quaternary nitrogens is 1. The normalized spacial score (nSPS) is 19.6. The molecular weight excluding hydrogens is 455 g/mol. The number of imidazole rings is 1. The molecule has 35 heavy (non-hydrogen) atoms. The molecule has 1 atom stereocenters. The van der Waals surface area contributed by atoms with Gasteiger partial charge in [0.05, 0.1) is 43.0 Å². The number of allylic oxidation sites excluding steroid dienone is 2. The van der Waals surface area contributed by atoms with Gasteiger partial charge in [-0.15, -0.1) is 0 Å². The minimum Gasteiger partial charge on any atom is -0.758 e. The summed E-state index contributed by atoms with van der Waals surface area (Å²) in [4.78, 5) is 20.6. The predicted octanol–water partition coefficient (Wildman–Crippen LogP) is 3.73. The van der Waals surface area contributed by atoms with Gasteiger partial charge in [0, 0.05) is 11.1 Å². The number of halogens is 1. The van der Waals surface area contributed by atoms with Gasteiger partial charge in [-0.25, -0.2) is 9.37 Å². The van der Waals surface area contributed by atoms with Crippen LogP contribution in [-0.4, -0.2) is 58.9 Å². The molecule has 0 saturated carbocycles. The number of benzene rings is 2. The van der Waals surface area contributed by atoms with Gasteiger partial charge in [0.2, 0.25) is 5.78 Å². The molecule has 2 aliphatic heterocycles. The van der Waals surface area contributed by atoms with Gasteiger partial charge in [0.1, 0.15) is 31.2 Å². The highest BCUT2D eigenvalue weighted by atomic mass is 19.1. The number of Topliss-reactive ketones (excluding diaryl/α,β-unsaturated/α-hetero) is 1. The van der Waals surface area contributed by atoms with Gasteiger partial charge < -0.3 is 34.6 Å². The van der Waals surface area contributed by atoms with E-state index in [-0.39, 0.29) is 27.4 Å². The fourth-order valence-corrected chi connectivity index (χ4v) is 4.46. The zero-order chi connectivity index (χ0) is 24.6. The number of methoxy groups -OCH3 is 1. The summed E-state index contributed by atoms with van der Waals surface area (Å²) in [5, 5.41) is 25.9. The Kier molecular flexibility index (Phi) is 6.12. The number of aromatic nitrogens is 2. The Hall–Kier alpha value is -3.57. The molecule has 2 aliphatic rings. The number of hydrogen-bond donors (Lipinski definition) is 1. The van der Waals surface area contributed by atoms with Crippen molar-refractivity contribution in [3.8, 4) is 5.75 Å². The van der Waals surface area contributed by atoms with Crippen molar-refractivity contribution in [1.29, 1.82) is 0 Å². The topological polar surface area (TPSA) is 114 Å². The highest BCUT2D eigenvalue weighted by Gasteiger charge is 2.26. The Balaban J connectivity index is 1.42. The number of hydrogen-bond acceptors (Lipinski definition) is 7. The van der Waals surface area contributed by atoms with Crippen LogP contribution in [0.5, 0.6) is 5.75 Å². The van der Waals surface area contributed by atoms with Crippen molar-refractivity contribution in [2.24, 2.45) is 0 Å². The number of H-pyrrole nitrogens is 1. The van der Waals surface area contributed by atoms with Crippen molar-refractivity contribution in [3.63, 3.8) is 0 Å². The van der Waals surface area contributed by atoms with Crippen LogP contribution < -0.4 is 4.74 Å². The number of nitrogens with one attached hydrogen (secondary N) is 1. The van der Waals surface area contributed by atoms with Crippen LogP contribution in [-0.2, 0) is 11.3 Å². The number of ketones is 1. The summed E-state index contributed by atoms with van der Waals surface area (Å²) in [5.74, 6) is -0.745. The van der Waals surface area contributed by atoms with Crippen molar-refractivity contribution >= 4 is 16.8 Å². The molecule has 3 heterocycles. The number of carbonyl (C=O) groups is 1. The molecule has 182 valence electrons. The number of morpholine rings is 1. The molecule has 0 spiro atoms. The van der Waals surface area contributed by atoms with E-state index >= 15 is 0 Å². The van der Waals surface area contributed by atoms with Crippen molar-refractivity contribution in [3.05, 3.63) is 93.5 Å². The number of aromatic amines is 1. The lowest BCUT2D eigenvalue weighted by Gasteiger charge is -2.45. The maximum Gasteiger partial charge on any atom is 0.228 e.